The Balaban J connectivity index is 2.54. The lowest BCUT2D eigenvalue weighted by atomic mass is 9.72. The molecule has 1 aromatic carbocycles. The van der Waals surface area contributed by atoms with Crippen molar-refractivity contribution in [3.05, 3.63) is 35.1 Å². The molecule has 1 aliphatic carbocycles. The van der Waals surface area contributed by atoms with Gasteiger partial charge in [-0.3, -0.25) is 4.79 Å². The quantitative estimate of drug-likeness (QED) is 0.818. The molecule has 0 spiro atoms. The molecule has 2 rings (SSSR count). The summed E-state index contributed by atoms with van der Waals surface area (Å²) in [5.41, 5.74) is -2.52. The smallest absolute Gasteiger partial charge is 0.394 e. The zero-order valence-corrected chi connectivity index (χ0v) is 12.6. The second-order valence-electron chi connectivity index (χ2n) is 6.71. The number of alkyl halides is 3. The summed E-state index contributed by atoms with van der Waals surface area (Å²) < 4.78 is 53.4. The van der Waals surface area contributed by atoms with E-state index in [-0.39, 0.29) is 6.42 Å². The molecule has 1 saturated carbocycles. The molecule has 0 amide bonds. The maximum atomic E-state index is 13.4. The summed E-state index contributed by atoms with van der Waals surface area (Å²) in [6.07, 6.45) is -5.28. The average Bonchev–Trinajstić information content (AvgIpc) is 2.66. The van der Waals surface area contributed by atoms with Gasteiger partial charge in [-0.05, 0) is 37.0 Å². The second kappa shape index (κ2) is 4.96. The van der Waals surface area contributed by atoms with E-state index in [9.17, 15) is 27.5 Å². The lowest BCUT2D eigenvalue weighted by molar-refractivity contribution is -0.217. The van der Waals surface area contributed by atoms with Crippen molar-refractivity contribution < 1.29 is 27.5 Å². The Morgan fingerprint density at radius 1 is 1.32 bits per heavy atom. The van der Waals surface area contributed by atoms with Gasteiger partial charge in [0.25, 0.3) is 0 Å². The van der Waals surface area contributed by atoms with E-state index in [0.29, 0.717) is 11.1 Å². The molecule has 2 nitrogen and oxygen atoms in total. The molecule has 3 atom stereocenters. The van der Waals surface area contributed by atoms with Crippen LogP contribution in [0.1, 0.15) is 37.8 Å². The number of hydrogen-bond donors (Lipinski definition) is 1. The van der Waals surface area contributed by atoms with E-state index < -0.39 is 41.1 Å². The van der Waals surface area contributed by atoms with Crippen LogP contribution in [-0.4, -0.2) is 17.3 Å². The number of aryl methyl sites for hydroxylation is 1. The van der Waals surface area contributed by atoms with Crippen LogP contribution in [0.3, 0.4) is 0 Å². The van der Waals surface area contributed by atoms with Gasteiger partial charge < -0.3 is 5.11 Å². The predicted molar refractivity (Wildman–Crippen MR) is 73.0 cm³/mol. The largest absolute Gasteiger partial charge is 0.481 e. The molecule has 1 unspecified atom stereocenters. The van der Waals surface area contributed by atoms with Crippen LogP contribution in [0.25, 0.3) is 0 Å². The first kappa shape index (κ1) is 16.8. The van der Waals surface area contributed by atoms with Crippen molar-refractivity contribution in [2.45, 2.75) is 45.2 Å². The molecule has 1 fully saturated rings. The van der Waals surface area contributed by atoms with Gasteiger partial charge in [0.05, 0.1) is 11.3 Å². The number of halogens is 4. The van der Waals surface area contributed by atoms with E-state index in [2.05, 4.69) is 0 Å². The summed E-state index contributed by atoms with van der Waals surface area (Å²) in [6.45, 7) is 4.09. The Bertz CT molecular complexity index is 611. The summed E-state index contributed by atoms with van der Waals surface area (Å²) in [5, 5.41) is 9.39. The monoisotopic (exact) mass is 318 g/mol. The van der Waals surface area contributed by atoms with Crippen molar-refractivity contribution in [1.29, 1.82) is 0 Å². The minimum Gasteiger partial charge on any atom is -0.481 e. The maximum absolute atomic E-state index is 13.4. The van der Waals surface area contributed by atoms with Crippen LogP contribution < -0.4 is 0 Å². The van der Waals surface area contributed by atoms with Crippen LogP contribution >= 0.6 is 0 Å². The summed E-state index contributed by atoms with van der Waals surface area (Å²) in [5.74, 6) is -2.88. The van der Waals surface area contributed by atoms with Crippen LogP contribution in [0.5, 0.6) is 0 Å². The number of benzene rings is 1. The minimum absolute atomic E-state index is 0.295. The first-order valence-corrected chi connectivity index (χ1v) is 6.97. The summed E-state index contributed by atoms with van der Waals surface area (Å²) >= 11 is 0. The highest BCUT2D eigenvalue weighted by molar-refractivity contribution is 5.73. The third-order valence-corrected chi connectivity index (χ3v) is 4.98. The van der Waals surface area contributed by atoms with Gasteiger partial charge in [-0.25, -0.2) is 4.39 Å². The Morgan fingerprint density at radius 3 is 2.36 bits per heavy atom. The highest BCUT2D eigenvalue weighted by Crippen LogP contribution is 2.60. The van der Waals surface area contributed by atoms with E-state index in [1.54, 1.807) is 0 Å². The fourth-order valence-corrected chi connectivity index (χ4v) is 3.56. The van der Waals surface area contributed by atoms with Gasteiger partial charge in [0.2, 0.25) is 0 Å². The van der Waals surface area contributed by atoms with Gasteiger partial charge in [-0.2, -0.15) is 13.2 Å². The molecular formula is C16H18F4O2. The number of carbonyl (C=O) groups is 1. The standard InChI is InChI=1S/C16H18F4O2/c1-9-6-10(4-5-12(9)17)15(3)8-14(2,16(18,19)20)7-11(15)13(21)22/h4-6,11H,7-8H2,1-3H3,(H,21,22)/t11?,14-,15+/m1/s1. The van der Waals surface area contributed by atoms with Gasteiger partial charge in [0, 0.05) is 5.41 Å². The van der Waals surface area contributed by atoms with E-state index in [4.69, 9.17) is 0 Å². The lowest BCUT2D eigenvalue weighted by Crippen LogP contribution is -2.35. The molecule has 0 bridgehead atoms. The van der Waals surface area contributed by atoms with Crippen LogP contribution in [-0.2, 0) is 10.2 Å². The van der Waals surface area contributed by atoms with E-state index in [1.165, 1.54) is 32.0 Å². The highest BCUT2D eigenvalue weighted by Gasteiger charge is 2.63. The molecule has 0 aromatic heterocycles. The zero-order chi connectivity index (χ0) is 16.9. The maximum Gasteiger partial charge on any atom is 0.394 e. The van der Waals surface area contributed by atoms with Crippen molar-refractivity contribution in [2.75, 3.05) is 0 Å². The molecule has 22 heavy (non-hydrogen) atoms. The van der Waals surface area contributed by atoms with E-state index in [1.807, 2.05) is 0 Å². The SMILES string of the molecule is Cc1cc([C@]2(C)C[C@](C)(C(F)(F)F)CC2C(=O)O)ccc1F. The van der Waals surface area contributed by atoms with Gasteiger partial charge >= 0.3 is 12.1 Å². The molecular weight excluding hydrogens is 300 g/mol. The van der Waals surface area contributed by atoms with Crippen molar-refractivity contribution in [2.24, 2.45) is 11.3 Å². The molecule has 1 N–H and O–H groups in total. The topological polar surface area (TPSA) is 37.3 Å². The lowest BCUT2D eigenvalue weighted by Gasteiger charge is -2.32. The van der Waals surface area contributed by atoms with Crippen LogP contribution in [0.15, 0.2) is 18.2 Å². The molecule has 0 heterocycles. The van der Waals surface area contributed by atoms with Crippen molar-refractivity contribution in [1.82, 2.24) is 0 Å². The van der Waals surface area contributed by atoms with E-state index in [0.717, 1.165) is 6.92 Å². The number of hydrogen-bond acceptors (Lipinski definition) is 1. The van der Waals surface area contributed by atoms with Crippen LogP contribution in [0.4, 0.5) is 17.6 Å². The Morgan fingerprint density at radius 2 is 1.91 bits per heavy atom. The molecule has 1 aromatic rings. The molecule has 0 saturated heterocycles. The third kappa shape index (κ3) is 2.48. The molecule has 0 radical (unpaired) electrons. The van der Waals surface area contributed by atoms with E-state index >= 15 is 0 Å². The number of carboxylic acids is 1. The average molecular weight is 318 g/mol. The normalized spacial score (nSPS) is 32.2. The Labute approximate surface area is 126 Å². The first-order valence-electron chi connectivity index (χ1n) is 6.97. The van der Waals surface area contributed by atoms with Crippen molar-refractivity contribution >= 4 is 5.97 Å². The predicted octanol–water partition coefficient (Wildman–Crippen LogP) is 4.46. The molecule has 1 aliphatic rings. The van der Waals surface area contributed by atoms with Gasteiger partial charge in [-0.15, -0.1) is 0 Å². The summed E-state index contributed by atoms with van der Waals surface area (Å²) in [7, 11) is 0. The number of carboxylic acid groups (broad SMARTS) is 1. The first-order chi connectivity index (χ1) is 9.91. The summed E-state index contributed by atoms with van der Waals surface area (Å²) in [6, 6.07) is 4.02. The fraction of sp³-hybridized carbons (Fsp3) is 0.562. The van der Waals surface area contributed by atoms with Crippen LogP contribution in [0, 0.1) is 24.1 Å². The molecule has 122 valence electrons. The second-order valence-corrected chi connectivity index (χ2v) is 6.71. The zero-order valence-electron chi connectivity index (χ0n) is 12.6. The number of aliphatic carboxylic acids is 1. The van der Waals surface area contributed by atoms with Gasteiger partial charge in [-0.1, -0.05) is 26.0 Å². The third-order valence-electron chi connectivity index (χ3n) is 4.98. The van der Waals surface area contributed by atoms with Crippen LogP contribution in [0.2, 0.25) is 0 Å². The fourth-order valence-electron chi connectivity index (χ4n) is 3.56. The highest BCUT2D eigenvalue weighted by atomic mass is 19.4. The van der Waals surface area contributed by atoms with Crippen molar-refractivity contribution in [3.8, 4) is 0 Å². The molecule has 0 aliphatic heterocycles. The summed E-state index contributed by atoms with van der Waals surface area (Å²) in [4.78, 5) is 11.5. The van der Waals surface area contributed by atoms with Crippen molar-refractivity contribution in [3.63, 3.8) is 0 Å². The number of rotatable bonds is 2. The Hall–Kier alpha value is -1.59. The molecule has 6 heteroatoms. The van der Waals surface area contributed by atoms with Gasteiger partial charge in [0.1, 0.15) is 5.82 Å². The van der Waals surface area contributed by atoms with Gasteiger partial charge in [0.15, 0.2) is 0 Å². The minimum atomic E-state index is -4.48. The Kier molecular flexibility index (Phi) is 3.78.